The van der Waals surface area contributed by atoms with E-state index in [1.165, 1.54) is 18.2 Å². The Morgan fingerprint density at radius 1 is 1.15 bits per heavy atom. The van der Waals surface area contributed by atoms with Crippen LogP contribution < -0.4 is 5.56 Å². The third-order valence-corrected chi connectivity index (χ3v) is 2.98. The predicted octanol–water partition coefficient (Wildman–Crippen LogP) is 2.50. The van der Waals surface area contributed by atoms with Gasteiger partial charge in [-0.2, -0.15) is 0 Å². The molecule has 0 saturated heterocycles. The molecule has 0 saturated carbocycles. The number of aromatic nitrogens is 2. The highest BCUT2D eigenvalue weighted by Gasteiger charge is 2.10. The minimum atomic E-state index is -0.448. The second-order valence-electron chi connectivity index (χ2n) is 4.25. The fourth-order valence-corrected chi connectivity index (χ4v) is 2.08. The van der Waals surface area contributed by atoms with Gasteiger partial charge in [-0.3, -0.25) is 19.9 Å². The number of H-pyrrole nitrogens is 1. The number of pyridine rings is 2. The van der Waals surface area contributed by atoms with Gasteiger partial charge in [0.1, 0.15) is 0 Å². The molecule has 1 N–H and O–H groups in total. The van der Waals surface area contributed by atoms with E-state index in [1.807, 2.05) is 0 Å². The Kier molecular flexibility index (Phi) is 2.76. The van der Waals surface area contributed by atoms with Crippen LogP contribution >= 0.6 is 0 Å². The van der Waals surface area contributed by atoms with Gasteiger partial charge in [-0.15, -0.1) is 0 Å². The molecule has 0 aliphatic heterocycles. The van der Waals surface area contributed by atoms with Crippen molar-refractivity contribution in [3.05, 3.63) is 69.1 Å². The third kappa shape index (κ3) is 2.03. The van der Waals surface area contributed by atoms with E-state index >= 15 is 0 Å². The topological polar surface area (TPSA) is 88.9 Å². The Labute approximate surface area is 112 Å². The Morgan fingerprint density at radius 3 is 2.80 bits per heavy atom. The summed E-state index contributed by atoms with van der Waals surface area (Å²) in [7, 11) is 0. The lowest BCUT2D eigenvalue weighted by molar-refractivity contribution is -0.384. The lowest BCUT2D eigenvalue weighted by atomic mass is 10.1. The average molecular weight is 267 g/mol. The van der Waals surface area contributed by atoms with Crippen LogP contribution in [0.2, 0.25) is 0 Å². The molecule has 2 aromatic heterocycles. The van der Waals surface area contributed by atoms with Gasteiger partial charge in [0.25, 0.3) is 5.69 Å². The van der Waals surface area contributed by atoms with Gasteiger partial charge in [0, 0.05) is 35.3 Å². The summed E-state index contributed by atoms with van der Waals surface area (Å²) in [6, 6.07) is 11.0. The summed E-state index contributed by atoms with van der Waals surface area (Å²) >= 11 is 0. The summed E-state index contributed by atoms with van der Waals surface area (Å²) in [5.74, 6) is 0. The molecule has 0 spiro atoms. The molecule has 6 nitrogen and oxygen atoms in total. The second-order valence-corrected chi connectivity index (χ2v) is 4.25. The van der Waals surface area contributed by atoms with E-state index in [-0.39, 0.29) is 11.2 Å². The van der Waals surface area contributed by atoms with Crippen molar-refractivity contribution in [3.63, 3.8) is 0 Å². The summed E-state index contributed by atoms with van der Waals surface area (Å²) < 4.78 is 0. The fraction of sp³-hybridized carbons (Fsp3) is 0. The number of benzene rings is 1. The first-order valence-corrected chi connectivity index (χ1v) is 5.88. The maximum atomic E-state index is 11.3. The van der Waals surface area contributed by atoms with Gasteiger partial charge >= 0.3 is 0 Å². The predicted molar refractivity (Wildman–Crippen MR) is 74.5 cm³/mol. The van der Waals surface area contributed by atoms with Crippen LogP contribution in [0.25, 0.3) is 22.2 Å². The normalized spacial score (nSPS) is 10.6. The molecule has 0 atom stereocenters. The molecular formula is C14H9N3O3. The number of nitro benzene ring substituents is 1. The lowest BCUT2D eigenvalue weighted by Gasteiger charge is -2.05. The van der Waals surface area contributed by atoms with Gasteiger partial charge in [0.15, 0.2) is 0 Å². The summed E-state index contributed by atoms with van der Waals surface area (Å²) in [5, 5.41) is 11.6. The molecule has 0 amide bonds. The van der Waals surface area contributed by atoms with Gasteiger partial charge in [0.2, 0.25) is 5.56 Å². The van der Waals surface area contributed by atoms with E-state index in [4.69, 9.17) is 0 Å². The SMILES string of the molecule is O=c1ccc2c(-c3cccc([N+](=O)[O-])c3)nccc2[nH]1. The van der Waals surface area contributed by atoms with Crippen LogP contribution in [-0.2, 0) is 0 Å². The molecule has 2 heterocycles. The molecule has 3 rings (SSSR count). The minimum Gasteiger partial charge on any atom is -0.322 e. The van der Waals surface area contributed by atoms with Crippen LogP contribution in [0.5, 0.6) is 0 Å². The Bertz CT molecular complexity index is 871. The molecule has 0 bridgehead atoms. The Balaban J connectivity index is 2.27. The molecule has 1 aromatic carbocycles. The standard InChI is InChI=1S/C14H9N3O3/c18-13-5-4-11-12(16-13)6-7-15-14(11)9-2-1-3-10(8-9)17(19)20/h1-8H,(H,16,18). The van der Waals surface area contributed by atoms with Crippen molar-refractivity contribution in [1.82, 2.24) is 9.97 Å². The number of hydrogen-bond donors (Lipinski definition) is 1. The molecule has 0 unspecified atom stereocenters. The highest BCUT2D eigenvalue weighted by atomic mass is 16.6. The zero-order valence-corrected chi connectivity index (χ0v) is 10.2. The fourth-order valence-electron chi connectivity index (χ4n) is 2.08. The smallest absolute Gasteiger partial charge is 0.270 e. The van der Waals surface area contributed by atoms with Gasteiger partial charge < -0.3 is 4.98 Å². The monoisotopic (exact) mass is 267 g/mol. The molecule has 0 aliphatic rings. The highest BCUT2D eigenvalue weighted by molar-refractivity contribution is 5.92. The molecule has 0 radical (unpaired) electrons. The van der Waals surface area contributed by atoms with Crippen LogP contribution in [0.4, 0.5) is 5.69 Å². The molecule has 0 aliphatic carbocycles. The number of nitrogens with one attached hydrogen (secondary N) is 1. The van der Waals surface area contributed by atoms with E-state index in [1.54, 1.807) is 30.5 Å². The minimum absolute atomic E-state index is 0.00530. The van der Waals surface area contributed by atoms with E-state index < -0.39 is 4.92 Å². The maximum absolute atomic E-state index is 11.3. The molecule has 20 heavy (non-hydrogen) atoms. The molecule has 3 aromatic rings. The van der Waals surface area contributed by atoms with Crippen LogP contribution in [0.15, 0.2) is 53.5 Å². The van der Waals surface area contributed by atoms with E-state index in [0.717, 1.165) is 5.39 Å². The van der Waals surface area contributed by atoms with Gasteiger partial charge in [-0.05, 0) is 12.1 Å². The van der Waals surface area contributed by atoms with Gasteiger partial charge in [-0.25, -0.2) is 0 Å². The largest absolute Gasteiger partial charge is 0.322 e. The first-order chi connectivity index (χ1) is 9.65. The lowest BCUT2D eigenvalue weighted by Crippen LogP contribution is -2.03. The third-order valence-electron chi connectivity index (χ3n) is 2.98. The maximum Gasteiger partial charge on any atom is 0.270 e. The van der Waals surface area contributed by atoms with Crippen LogP contribution in [0, 0.1) is 10.1 Å². The molecule has 0 fully saturated rings. The zero-order chi connectivity index (χ0) is 14.1. The van der Waals surface area contributed by atoms with Crippen molar-refractivity contribution in [2.75, 3.05) is 0 Å². The Morgan fingerprint density at radius 2 is 2.00 bits per heavy atom. The van der Waals surface area contributed by atoms with E-state index in [9.17, 15) is 14.9 Å². The number of nitrogens with zero attached hydrogens (tertiary/aromatic N) is 2. The number of hydrogen-bond acceptors (Lipinski definition) is 4. The summed E-state index contributed by atoms with van der Waals surface area (Å²) in [5.41, 5.74) is 1.69. The van der Waals surface area contributed by atoms with Crippen molar-refractivity contribution >= 4 is 16.6 Å². The Hall–Kier alpha value is -3.02. The summed E-state index contributed by atoms with van der Waals surface area (Å²) in [6.45, 7) is 0. The van der Waals surface area contributed by atoms with E-state index in [0.29, 0.717) is 16.8 Å². The van der Waals surface area contributed by atoms with Crippen molar-refractivity contribution in [1.29, 1.82) is 0 Å². The van der Waals surface area contributed by atoms with Gasteiger partial charge in [-0.1, -0.05) is 12.1 Å². The van der Waals surface area contributed by atoms with Crippen LogP contribution in [-0.4, -0.2) is 14.9 Å². The second kappa shape index (κ2) is 4.58. The van der Waals surface area contributed by atoms with Gasteiger partial charge in [0.05, 0.1) is 16.1 Å². The number of fused-ring (bicyclic) bond motifs is 1. The quantitative estimate of drug-likeness (QED) is 0.570. The molecular weight excluding hydrogens is 258 g/mol. The number of aromatic amines is 1. The van der Waals surface area contributed by atoms with Crippen molar-refractivity contribution in [2.45, 2.75) is 0 Å². The van der Waals surface area contributed by atoms with Crippen LogP contribution in [0.1, 0.15) is 0 Å². The number of rotatable bonds is 2. The first-order valence-electron chi connectivity index (χ1n) is 5.88. The number of non-ortho nitro benzene ring substituents is 1. The number of nitro groups is 1. The molecule has 6 heteroatoms. The first kappa shape index (κ1) is 12.0. The summed E-state index contributed by atoms with van der Waals surface area (Å²) in [6.07, 6.45) is 1.56. The average Bonchev–Trinajstić information content (AvgIpc) is 2.46. The summed E-state index contributed by atoms with van der Waals surface area (Å²) in [4.78, 5) is 28.7. The molecule has 98 valence electrons. The van der Waals surface area contributed by atoms with Crippen molar-refractivity contribution in [3.8, 4) is 11.3 Å². The zero-order valence-electron chi connectivity index (χ0n) is 10.2. The van der Waals surface area contributed by atoms with Crippen molar-refractivity contribution in [2.24, 2.45) is 0 Å². The van der Waals surface area contributed by atoms with Crippen molar-refractivity contribution < 1.29 is 4.92 Å². The van der Waals surface area contributed by atoms with E-state index in [2.05, 4.69) is 9.97 Å². The highest BCUT2D eigenvalue weighted by Crippen LogP contribution is 2.27. The van der Waals surface area contributed by atoms with Crippen LogP contribution in [0.3, 0.4) is 0 Å².